The topological polar surface area (TPSA) is 75.3 Å². The van der Waals surface area contributed by atoms with Crippen molar-refractivity contribution in [1.82, 2.24) is 15.1 Å². The molecule has 1 aliphatic heterocycles. The molecule has 1 atom stereocenters. The van der Waals surface area contributed by atoms with Gasteiger partial charge in [0, 0.05) is 24.5 Å². The minimum Gasteiger partial charge on any atom is -0.368 e. The lowest BCUT2D eigenvalue weighted by Crippen LogP contribution is -2.55. The van der Waals surface area contributed by atoms with Gasteiger partial charge in [0.2, 0.25) is 0 Å². The molecule has 1 aromatic heterocycles. The maximum absolute atomic E-state index is 12.3. The number of alkyl halides is 1. The zero-order valence-electron chi connectivity index (χ0n) is 10.9. The molecule has 19 heavy (non-hydrogen) atoms. The average Bonchev–Trinajstić information content (AvgIpc) is 2.37. The largest absolute Gasteiger partial charge is 0.368 e. The van der Waals surface area contributed by atoms with Crippen LogP contribution in [0.1, 0.15) is 24.3 Å². The first-order chi connectivity index (χ1) is 8.91. The van der Waals surface area contributed by atoms with Crippen molar-refractivity contribution in [2.75, 3.05) is 18.4 Å². The minimum absolute atomic E-state index is 0.0459. The number of carbonyl (C=O) groups is 1. The van der Waals surface area contributed by atoms with Gasteiger partial charge in [-0.05, 0) is 19.9 Å². The van der Waals surface area contributed by atoms with Gasteiger partial charge < -0.3 is 9.64 Å². The number of amides is 1. The summed E-state index contributed by atoms with van der Waals surface area (Å²) in [5, 5.41) is 6.71. The van der Waals surface area contributed by atoms with Crippen molar-refractivity contribution in [2.24, 2.45) is 0 Å². The summed E-state index contributed by atoms with van der Waals surface area (Å²) in [5.41, 5.74) is -0.475. The third kappa shape index (κ3) is 3.42. The van der Waals surface area contributed by atoms with Gasteiger partial charge in [-0.15, -0.1) is 0 Å². The number of rotatable bonds is 2. The maximum Gasteiger partial charge on any atom is 0.274 e. The van der Waals surface area contributed by atoms with E-state index in [0.717, 1.165) is 0 Å². The Hall–Kier alpha value is -1.21. The summed E-state index contributed by atoms with van der Waals surface area (Å²) < 4.78 is 5.84. The lowest BCUT2D eigenvalue weighted by atomic mass is 10.1. The molecule has 0 saturated carbocycles. The van der Waals surface area contributed by atoms with Gasteiger partial charge >= 0.3 is 0 Å². The van der Waals surface area contributed by atoms with Gasteiger partial charge in [-0.3, -0.25) is 9.59 Å². The van der Waals surface area contributed by atoms with Crippen molar-refractivity contribution in [3.8, 4) is 0 Å². The van der Waals surface area contributed by atoms with E-state index in [1.165, 1.54) is 12.1 Å². The molecule has 1 aliphatic rings. The molecule has 1 saturated heterocycles. The molecular weight excluding hydrogens is 314 g/mol. The highest BCUT2D eigenvalue weighted by molar-refractivity contribution is 9.09. The molecule has 0 spiro atoms. The number of halogens is 1. The Kier molecular flexibility index (Phi) is 4.05. The van der Waals surface area contributed by atoms with E-state index >= 15 is 0 Å². The first kappa shape index (κ1) is 14.2. The average molecular weight is 330 g/mol. The molecule has 1 N–H and O–H groups in total. The third-order valence-corrected chi connectivity index (χ3v) is 3.56. The van der Waals surface area contributed by atoms with E-state index in [4.69, 9.17) is 4.74 Å². The number of H-pyrrole nitrogens is 1. The van der Waals surface area contributed by atoms with E-state index in [1.807, 2.05) is 13.8 Å². The Morgan fingerprint density at radius 2 is 2.37 bits per heavy atom. The quantitative estimate of drug-likeness (QED) is 0.814. The molecule has 0 bridgehead atoms. The monoisotopic (exact) mass is 329 g/mol. The standard InChI is InChI=1S/C12H16BrN3O3/c1-12(2)7-16(6-8(5-13)19-12)11(18)9-3-4-10(17)15-14-9/h3-4,8H,5-7H2,1-2H3,(H,15,17). The van der Waals surface area contributed by atoms with Crippen molar-refractivity contribution in [2.45, 2.75) is 25.6 Å². The molecule has 1 unspecified atom stereocenters. The fourth-order valence-electron chi connectivity index (χ4n) is 2.16. The lowest BCUT2D eigenvalue weighted by molar-refractivity contribution is -0.116. The van der Waals surface area contributed by atoms with E-state index in [9.17, 15) is 9.59 Å². The number of hydrogen-bond donors (Lipinski definition) is 1. The summed E-state index contributed by atoms with van der Waals surface area (Å²) in [4.78, 5) is 25.0. The van der Waals surface area contributed by atoms with Crippen molar-refractivity contribution in [3.05, 3.63) is 28.2 Å². The maximum atomic E-state index is 12.3. The van der Waals surface area contributed by atoms with E-state index < -0.39 is 5.60 Å². The van der Waals surface area contributed by atoms with Crippen LogP contribution in [0.3, 0.4) is 0 Å². The molecule has 0 aromatic carbocycles. The lowest BCUT2D eigenvalue weighted by Gasteiger charge is -2.42. The van der Waals surface area contributed by atoms with Gasteiger partial charge in [0.1, 0.15) is 5.69 Å². The summed E-state index contributed by atoms with van der Waals surface area (Å²) in [6.07, 6.45) is -0.0459. The van der Waals surface area contributed by atoms with Crippen molar-refractivity contribution in [1.29, 1.82) is 0 Å². The number of morpholine rings is 1. The highest BCUT2D eigenvalue weighted by Crippen LogP contribution is 2.22. The van der Waals surface area contributed by atoms with E-state index in [2.05, 4.69) is 26.1 Å². The second-order valence-electron chi connectivity index (χ2n) is 5.15. The van der Waals surface area contributed by atoms with Crippen LogP contribution >= 0.6 is 15.9 Å². The zero-order chi connectivity index (χ0) is 14.0. The Bertz CT molecular complexity index is 509. The van der Waals surface area contributed by atoms with E-state index in [0.29, 0.717) is 18.4 Å². The number of carbonyl (C=O) groups excluding carboxylic acids is 1. The second-order valence-corrected chi connectivity index (χ2v) is 5.79. The fraction of sp³-hybridized carbons (Fsp3) is 0.583. The van der Waals surface area contributed by atoms with Gasteiger partial charge in [0.25, 0.3) is 11.5 Å². The normalized spacial score (nSPS) is 22.3. The Morgan fingerprint density at radius 1 is 1.63 bits per heavy atom. The number of aromatic nitrogens is 2. The third-order valence-electron chi connectivity index (χ3n) is 2.84. The summed E-state index contributed by atoms with van der Waals surface area (Å²) in [6.45, 7) is 4.90. The number of nitrogens with zero attached hydrogens (tertiary/aromatic N) is 2. The van der Waals surface area contributed by atoms with Crippen molar-refractivity contribution >= 4 is 21.8 Å². The van der Waals surface area contributed by atoms with E-state index in [-0.39, 0.29) is 23.3 Å². The van der Waals surface area contributed by atoms with Gasteiger partial charge in [0.15, 0.2) is 0 Å². The molecule has 1 amide bonds. The van der Waals surface area contributed by atoms with Crippen molar-refractivity contribution in [3.63, 3.8) is 0 Å². The first-order valence-electron chi connectivity index (χ1n) is 6.00. The van der Waals surface area contributed by atoms with Crippen LogP contribution in [0.2, 0.25) is 0 Å². The summed E-state index contributed by atoms with van der Waals surface area (Å²) in [5.74, 6) is -0.196. The Labute approximate surface area is 119 Å². The Morgan fingerprint density at radius 3 is 2.95 bits per heavy atom. The second kappa shape index (κ2) is 5.42. The molecule has 0 aliphatic carbocycles. The molecular formula is C12H16BrN3O3. The smallest absolute Gasteiger partial charge is 0.274 e. The summed E-state index contributed by atoms with van der Waals surface area (Å²) in [6, 6.07) is 2.74. The predicted molar refractivity (Wildman–Crippen MR) is 73.5 cm³/mol. The van der Waals surface area contributed by atoms with Crippen LogP contribution < -0.4 is 5.56 Å². The van der Waals surface area contributed by atoms with Crippen LogP contribution in [0.4, 0.5) is 0 Å². The molecule has 6 nitrogen and oxygen atoms in total. The van der Waals surface area contributed by atoms with E-state index in [1.54, 1.807) is 4.90 Å². The molecule has 104 valence electrons. The summed E-state index contributed by atoms with van der Waals surface area (Å²) in [7, 11) is 0. The molecule has 2 rings (SSSR count). The van der Waals surface area contributed by atoms with Crippen LogP contribution in [0, 0.1) is 0 Å². The predicted octanol–water partition coefficient (Wildman–Crippen LogP) is 0.784. The molecule has 2 heterocycles. The van der Waals surface area contributed by atoms with Crippen LogP contribution in [0.15, 0.2) is 16.9 Å². The summed E-state index contributed by atoms with van der Waals surface area (Å²) >= 11 is 3.38. The Balaban J connectivity index is 2.18. The van der Waals surface area contributed by atoms with Gasteiger partial charge in [-0.25, -0.2) is 5.10 Å². The van der Waals surface area contributed by atoms with Crippen LogP contribution in [0.25, 0.3) is 0 Å². The highest BCUT2D eigenvalue weighted by Gasteiger charge is 2.35. The number of aromatic amines is 1. The van der Waals surface area contributed by atoms with Gasteiger partial charge in [-0.2, -0.15) is 5.10 Å². The van der Waals surface area contributed by atoms with Gasteiger partial charge in [-0.1, -0.05) is 15.9 Å². The first-order valence-corrected chi connectivity index (χ1v) is 7.12. The number of ether oxygens (including phenoxy) is 1. The van der Waals surface area contributed by atoms with Crippen LogP contribution in [-0.2, 0) is 4.74 Å². The zero-order valence-corrected chi connectivity index (χ0v) is 12.4. The molecule has 1 aromatic rings. The molecule has 7 heteroatoms. The molecule has 1 fully saturated rings. The SMILES string of the molecule is CC1(C)CN(C(=O)c2ccc(=O)[nH]n2)CC(CBr)O1. The highest BCUT2D eigenvalue weighted by atomic mass is 79.9. The number of nitrogens with one attached hydrogen (secondary N) is 1. The van der Waals surface area contributed by atoms with Crippen molar-refractivity contribution < 1.29 is 9.53 Å². The molecule has 0 radical (unpaired) electrons. The van der Waals surface area contributed by atoms with Gasteiger partial charge in [0.05, 0.1) is 11.7 Å². The van der Waals surface area contributed by atoms with Crippen LogP contribution in [0.5, 0.6) is 0 Å². The number of hydrogen-bond acceptors (Lipinski definition) is 4. The minimum atomic E-state index is -0.394. The fourth-order valence-corrected chi connectivity index (χ4v) is 2.49. The van der Waals surface area contributed by atoms with Crippen LogP contribution in [-0.4, -0.2) is 51.1 Å².